The summed E-state index contributed by atoms with van der Waals surface area (Å²) in [7, 11) is 0. The lowest BCUT2D eigenvalue weighted by molar-refractivity contribution is 0.0995. The molecule has 2 aromatic rings. The second kappa shape index (κ2) is 5.46. The molecule has 0 saturated heterocycles. The maximum Gasteiger partial charge on any atom is 0.269 e. The van der Waals surface area contributed by atoms with Gasteiger partial charge in [0.15, 0.2) is 0 Å². The molecule has 5 heteroatoms. The SMILES string of the molecule is CC(C)(C)NCc1ccccc1-n1ccc(C(N)=O)n1. The molecule has 0 unspecified atom stereocenters. The summed E-state index contributed by atoms with van der Waals surface area (Å²) in [4.78, 5) is 11.1. The van der Waals surface area contributed by atoms with Crippen molar-refractivity contribution < 1.29 is 4.79 Å². The fourth-order valence-electron chi connectivity index (χ4n) is 1.83. The summed E-state index contributed by atoms with van der Waals surface area (Å²) in [6.45, 7) is 7.09. The number of nitrogens with zero attached hydrogens (tertiary/aromatic N) is 2. The third-order valence-electron chi connectivity index (χ3n) is 2.89. The number of benzene rings is 1. The van der Waals surface area contributed by atoms with Crippen LogP contribution in [0.5, 0.6) is 0 Å². The summed E-state index contributed by atoms with van der Waals surface area (Å²) < 4.78 is 1.68. The zero-order valence-corrected chi connectivity index (χ0v) is 12.1. The molecule has 1 amide bonds. The quantitative estimate of drug-likeness (QED) is 0.892. The van der Waals surface area contributed by atoms with Gasteiger partial charge < -0.3 is 11.1 Å². The fourth-order valence-corrected chi connectivity index (χ4v) is 1.83. The van der Waals surface area contributed by atoms with Crippen LogP contribution in [0.3, 0.4) is 0 Å². The first-order chi connectivity index (χ1) is 9.37. The highest BCUT2D eigenvalue weighted by Crippen LogP contribution is 2.15. The first-order valence-electron chi connectivity index (χ1n) is 6.55. The minimum atomic E-state index is -0.519. The molecule has 1 aromatic heterocycles. The van der Waals surface area contributed by atoms with E-state index >= 15 is 0 Å². The zero-order valence-electron chi connectivity index (χ0n) is 12.1. The minimum Gasteiger partial charge on any atom is -0.364 e. The molecule has 0 aliphatic rings. The molecule has 20 heavy (non-hydrogen) atoms. The third-order valence-corrected chi connectivity index (χ3v) is 2.89. The van der Waals surface area contributed by atoms with Gasteiger partial charge in [0, 0.05) is 18.3 Å². The highest BCUT2D eigenvalue weighted by atomic mass is 16.1. The number of para-hydroxylation sites is 1. The van der Waals surface area contributed by atoms with Gasteiger partial charge in [0.1, 0.15) is 5.69 Å². The number of aromatic nitrogens is 2. The van der Waals surface area contributed by atoms with Gasteiger partial charge in [0.05, 0.1) is 5.69 Å². The number of nitrogens with one attached hydrogen (secondary N) is 1. The molecule has 5 nitrogen and oxygen atoms in total. The van der Waals surface area contributed by atoms with Crippen molar-refractivity contribution in [2.45, 2.75) is 32.9 Å². The Morgan fingerprint density at radius 1 is 1.30 bits per heavy atom. The topological polar surface area (TPSA) is 72.9 Å². The monoisotopic (exact) mass is 272 g/mol. The summed E-state index contributed by atoms with van der Waals surface area (Å²) in [5, 5.41) is 7.64. The number of carbonyl (C=O) groups is 1. The van der Waals surface area contributed by atoms with Crippen molar-refractivity contribution in [1.29, 1.82) is 0 Å². The number of rotatable bonds is 4. The molecule has 0 atom stereocenters. The molecule has 0 fully saturated rings. The van der Waals surface area contributed by atoms with Crippen molar-refractivity contribution in [2.75, 3.05) is 0 Å². The highest BCUT2D eigenvalue weighted by molar-refractivity contribution is 5.90. The Morgan fingerprint density at radius 2 is 2.00 bits per heavy atom. The van der Waals surface area contributed by atoms with Crippen molar-refractivity contribution in [1.82, 2.24) is 15.1 Å². The predicted molar refractivity (Wildman–Crippen MR) is 78.7 cm³/mol. The van der Waals surface area contributed by atoms with Gasteiger partial charge in [0.25, 0.3) is 5.91 Å². The van der Waals surface area contributed by atoms with E-state index in [0.29, 0.717) is 0 Å². The maximum absolute atomic E-state index is 11.1. The number of hydrogen-bond acceptors (Lipinski definition) is 3. The lowest BCUT2D eigenvalue weighted by atomic mass is 10.1. The molecular weight excluding hydrogens is 252 g/mol. The van der Waals surface area contributed by atoms with Crippen LogP contribution in [-0.4, -0.2) is 21.2 Å². The molecule has 3 N–H and O–H groups in total. The van der Waals surface area contributed by atoms with Crippen LogP contribution >= 0.6 is 0 Å². The maximum atomic E-state index is 11.1. The fraction of sp³-hybridized carbons (Fsp3) is 0.333. The number of carbonyl (C=O) groups excluding carboxylic acids is 1. The van der Waals surface area contributed by atoms with Crippen LogP contribution in [0.25, 0.3) is 5.69 Å². The summed E-state index contributed by atoms with van der Waals surface area (Å²) >= 11 is 0. The zero-order chi connectivity index (χ0) is 14.8. The van der Waals surface area contributed by atoms with E-state index in [1.165, 1.54) is 0 Å². The van der Waals surface area contributed by atoms with Crippen molar-refractivity contribution in [3.63, 3.8) is 0 Å². The lowest BCUT2D eigenvalue weighted by Crippen LogP contribution is -2.35. The van der Waals surface area contributed by atoms with Gasteiger partial charge >= 0.3 is 0 Å². The minimum absolute atomic E-state index is 0.0373. The van der Waals surface area contributed by atoms with Gasteiger partial charge in [-0.1, -0.05) is 18.2 Å². The van der Waals surface area contributed by atoms with E-state index in [4.69, 9.17) is 5.73 Å². The van der Waals surface area contributed by atoms with E-state index in [0.717, 1.165) is 17.8 Å². The van der Waals surface area contributed by atoms with E-state index in [1.807, 2.05) is 24.3 Å². The molecule has 0 aliphatic heterocycles. The molecule has 0 radical (unpaired) electrons. The third kappa shape index (κ3) is 3.45. The van der Waals surface area contributed by atoms with Crippen molar-refractivity contribution in [3.05, 3.63) is 47.8 Å². The molecule has 0 bridgehead atoms. The summed E-state index contributed by atoms with van der Waals surface area (Å²) in [6, 6.07) is 9.57. The number of primary amides is 1. The molecule has 0 aliphatic carbocycles. The molecule has 2 rings (SSSR count). The van der Waals surface area contributed by atoms with Crippen LogP contribution in [0.15, 0.2) is 36.5 Å². The number of nitrogens with two attached hydrogens (primary N) is 1. The average Bonchev–Trinajstić information content (AvgIpc) is 2.85. The summed E-state index contributed by atoms with van der Waals surface area (Å²) in [5.41, 5.74) is 7.59. The first-order valence-corrected chi connectivity index (χ1v) is 6.55. The Kier molecular flexibility index (Phi) is 3.90. The first kappa shape index (κ1) is 14.3. The predicted octanol–water partition coefficient (Wildman–Crippen LogP) is 1.86. The van der Waals surface area contributed by atoms with Crippen molar-refractivity contribution >= 4 is 5.91 Å². The Balaban J connectivity index is 2.29. The Hall–Kier alpha value is -2.14. The van der Waals surface area contributed by atoms with E-state index in [-0.39, 0.29) is 11.2 Å². The molecular formula is C15H20N4O. The van der Waals surface area contributed by atoms with Crippen LogP contribution in [0.1, 0.15) is 36.8 Å². The average molecular weight is 272 g/mol. The second-order valence-corrected chi connectivity index (χ2v) is 5.74. The smallest absolute Gasteiger partial charge is 0.269 e. The molecule has 0 spiro atoms. The van der Waals surface area contributed by atoms with Gasteiger partial charge in [0.2, 0.25) is 0 Å². The van der Waals surface area contributed by atoms with Gasteiger partial charge in [-0.15, -0.1) is 0 Å². The van der Waals surface area contributed by atoms with Gasteiger partial charge in [-0.2, -0.15) is 5.10 Å². The van der Waals surface area contributed by atoms with Gasteiger partial charge in [-0.3, -0.25) is 4.79 Å². The Labute approximate surface area is 118 Å². The van der Waals surface area contributed by atoms with E-state index in [9.17, 15) is 4.79 Å². The summed E-state index contributed by atoms with van der Waals surface area (Å²) in [6.07, 6.45) is 1.75. The molecule has 106 valence electrons. The Morgan fingerprint density at radius 3 is 2.60 bits per heavy atom. The van der Waals surface area contributed by atoms with Crippen LogP contribution in [0.4, 0.5) is 0 Å². The van der Waals surface area contributed by atoms with Gasteiger partial charge in [-0.05, 0) is 38.5 Å². The highest BCUT2D eigenvalue weighted by Gasteiger charge is 2.12. The van der Waals surface area contributed by atoms with E-state index < -0.39 is 5.91 Å². The summed E-state index contributed by atoms with van der Waals surface area (Å²) in [5.74, 6) is -0.519. The Bertz CT molecular complexity index is 610. The van der Waals surface area contributed by atoms with Crippen LogP contribution < -0.4 is 11.1 Å². The second-order valence-electron chi connectivity index (χ2n) is 5.74. The standard InChI is InChI=1S/C15H20N4O/c1-15(2,3)17-10-11-6-4-5-7-13(11)19-9-8-12(18-19)14(16)20/h4-9,17H,10H2,1-3H3,(H2,16,20). The molecule has 0 saturated carbocycles. The number of amides is 1. The van der Waals surface area contributed by atoms with E-state index in [1.54, 1.807) is 16.9 Å². The van der Waals surface area contributed by atoms with Crippen LogP contribution in [0.2, 0.25) is 0 Å². The largest absolute Gasteiger partial charge is 0.364 e. The van der Waals surface area contributed by atoms with Crippen LogP contribution in [-0.2, 0) is 6.54 Å². The van der Waals surface area contributed by atoms with Crippen LogP contribution in [0, 0.1) is 0 Å². The molecule has 1 heterocycles. The number of hydrogen-bond donors (Lipinski definition) is 2. The van der Waals surface area contributed by atoms with Crippen molar-refractivity contribution in [3.8, 4) is 5.69 Å². The van der Waals surface area contributed by atoms with Gasteiger partial charge in [-0.25, -0.2) is 4.68 Å². The van der Waals surface area contributed by atoms with E-state index in [2.05, 4.69) is 31.2 Å². The lowest BCUT2D eigenvalue weighted by Gasteiger charge is -2.21. The normalized spacial score (nSPS) is 11.6. The molecule has 1 aromatic carbocycles. The van der Waals surface area contributed by atoms with Crippen molar-refractivity contribution in [2.24, 2.45) is 5.73 Å².